The van der Waals surface area contributed by atoms with Crippen LogP contribution in [-0.4, -0.2) is 28.4 Å². The van der Waals surface area contributed by atoms with Crippen molar-refractivity contribution in [2.24, 2.45) is 0 Å². The zero-order valence-corrected chi connectivity index (χ0v) is 16.7. The SMILES string of the molecule is Cc1nc(Cc2ccc(F)cc2)sc1C(=O)N1CCCC1Cc1ccccc1. The highest BCUT2D eigenvalue weighted by Gasteiger charge is 2.31. The summed E-state index contributed by atoms with van der Waals surface area (Å²) in [4.78, 5) is 20.6. The summed E-state index contributed by atoms with van der Waals surface area (Å²) in [5, 5.41) is 0.895. The molecule has 3 nitrogen and oxygen atoms in total. The van der Waals surface area contributed by atoms with E-state index in [2.05, 4.69) is 17.1 Å². The van der Waals surface area contributed by atoms with Crippen LogP contribution in [0.2, 0.25) is 0 Å². The highest BCUT2D eigenvalue weighted by atomic mass is 32.1. The lowest BCUT2D eigenvalue weighted by Crippen LogP contribution is -2.36. The van der Waals surface area contributed by atoms with Gasteiger partial charge >= 0.3 is 0 Å². The zero-order valence-electron chi connectivity index (χ0n) is 15.9. The van der Waals surface area contributed by atoms with Gasteiger partial charge in [0.1, 0.15) is 10.7 Å². The number of benzene rings is 2. The topological polar surface area (TPSA) is 33.2 Å². The Labute approximate surface area is 168 Å². The molecule has 1 atom stereocenters. The Morgan fingerprint density at radius 3 is 2.64 bits per heavy atom. The Morgan fingerprint density at radius 2 is 1.89 bits per heavy atom. The second-order valence-electron chi connectivity index (χ2n) is 7.31. The molecule has 1 unspecified atom stereocenters. The number of hydrogen-bond donors (Lipinski definition) is 0. The summed E-state index contributed by atoms with van der Waals surface area (Å²) >= 11 is 1.47. The number of aryl methyl sites for hydroxylation is 1. The molecule has 0 N–H and O–H groups in total. The molecule has 2 aromatic carbocycles. The lowest BCUT2D eigenvalue weighted by atomic mass is 10.0. The van der Waals surface area contributed by atoms with Crippen molar-refractivity contribution in [3.63, 3.8) is 0 Å². The molecule has 1 fully saturated rings. The van der Waals surface area contributed by atoms with Gasteiger partial charge in [0.2, 0.25) is 0 Å². The van der Waals surface area contributed by atoms with Crippen LogP contribution in [0.3, 0.4) is 0 Å². The maximum Gasteiger partial charge on any atom is 0.266 e. The van der Waals surface area contributed by atoms with Gasteiger partial charge in [-0.15, -0.1) is 11.3 Å². The first kappa shape index (κ1) is 18.8. The summed E-state index contributed by atoms with van der Waals surface area (Å²) < 4.78 is 13.1. The van der Waals surface area contributed by atoms with Crippen LogP contribution < -0.4 is 0 Å². The van der Waals surface area contributed by atoms with E-state index in [9.17, 15) is 9.18 Å². The van der Waals surface area contributed by atoms with Gasteiger partial charge in [-0.1, -0.05) is 42.5 Å². The minimum absolute atomic E-state index is 0.0961. The van der Waals surface area contributed by atoms with Crippen molar-refractivity contribution in [2.75, 3.05) is 6.54 Å². The van der Waals surface area contributed by atoms with Crippen LogP contribution in [0.25, 0.3) is 0 Å². The molecule has 1 aromatic heterocycles. The predicted molar refractivity (Wildman–Crippen MR) is 110 cm³/mol. The number of aromatic nitrogens is 1. The first-order valence-corrected chi connectivity index (χ1v) is 10.5. The van der Waals surface area contributed by atoms with Gasteiger partial charge in [-0.2, -0.15) is 0 Å². The fourth-order valence-corrected chi connectivity index (χ4v) is 4.89. The third-order valence-corrected chi connectivity index (χ3v) is 6.40. The maximum absolute atomic E-state index is 13.2. The summed E-state index contributed by atoms with van der Waals surface area (Å²) in [5.41, 5.74) is 3.06. The Balaban J connectivity index is 1.49. The Morgan fingerprint density at radius 1 is 1.14 bits per heavy atom. The van der Waals surface area contributed by atoms with Gasteiger partial charge in [0.15, 0.2) is 0 Å². The van der Waals surface area contributed by atoms with E-state index in [1.165, 1.54) is 29.0 Å². The van der Waals surface area contributed by atoms with Crippen LogP contribution in [0, 0.1) is 12.7 Å². The smallest absolute Gasteiger partial charge is 0.266 e. The number of carbonyl (C=O) groups is 1. The second-order valence-corrected chi connectivity index (χ2v) is 8.39. The van der Waals surface area contributed by atoms with Crippen LogP contribution >= 0.6 is 11.3 Å². The van der Waals surface area contributed by atoms with Crippen LogP contribution in [0.1, 0.15) is 44.3 Å². The van der Waals surface area contributed by atoms with Crippen molar-refractivity contribution in [1.29, 1.82) is 0 Å². The average Bonchev–Trinajstić information content (AvgIpc) is 3.30. The highest BCUT2D eigenvalue weighted by molar-refractivity contribution is 7.13. The van der Waals surface area contributed by atoms with E-state index in [1.807, 2.05) is 30.0 Å². The average molecular weight is 395 g/mol. The number of rotatable bonds is 5. The van der Waals surface area contributed by atoms with Crippen molar-refractivity contribution in [1.82, 2.24) is 9.88 Å². The number of likely N-dealkylation sites (tertiary alicyclic amines) is 1. The molecular weight excluding hydrogens is 371 g/mol. The van der Waals surface area contributed by atoms with E-state index in [0.717, 1.165) is 46.9 Å². The molecule has 2 heterocycles. The number of hydrogen-bond acceptors (Lipinski definition) is 3. The molecule has 1 amide bonds. The first-order chi connectivity index (χ1) is 13.6. The molecular formula is C23H23FN2OS. The molecule has 1 aliphatic rings. The van der Waals surface area contributed by atoms with E-state index >= 15 is 0 Å². The molecule has 1 aliphatic heterocycles. The third-order valence-electron chi connectivity index (χ3n) is 5.26. The molecule has 1 saturated heterocycles. The molecule has 0 bridgehead atoms. The Bertz CT molecular complexity index is 952. The summed E-state index contributed by atoms with van der Waals surface area (Å²) in [7, 11) is 0. The van der Waals surface area contributed by atoms with Crippen molar-refractivity contribution >= 4 is 17.2 Å². The largest absolute Gasteiger partial charge is 0.335 e. The molecule has 28 heavy (non-hydrogen) atoms. The number of nitrogens with zero attached hydrogens (tertiary/aromatic N) is 2. The Kier molecular flexibility index (Phi) is 5.53. The number of halogens is 1. The zero-order chi connectivity index (χ0) is 19.5. The van der Waals surface area contributed by atoms with E-state index < -0.39 is 0 Å². The van der Waals surface area contributed by atoms with Gasteiger partial charge < -0.3 is 4.90 Å². The van der Waals surface area contributed by atoms with Gasteiger partial charge in [-0.25, -0.2) is 9.37 Å². The van der Waals surface area contributed by atoms with Crippen molar-refractivity contribution < 1.29 is 9.18 Å². The predicted octanol–water partition coefficient (Wildman–Crippen LogP) is 5.03. The van der Waals surface area contributed by atoms with Gasteiger partial charge in [0, 0.05) is 19.0 Å². The maximum atomic E-state index is 13.2. The first-order valence-electron chi connectivity index (χ1n) is 9.66. The summed E-state index contributed by atoms with van der Waals surface area (Å²) in [6, 6.07) is 17.1. The van der Waals surface area contributed by atoms with Crippen LogP contribution in [0.5, 0.6) is 0 Å². The summed E-state index contributed by atoms with van der Waals surface area (Å²) in [6.07, 6.45) is 3.60. The monoisotopic (exact) mass is 394 g/mol. The van der Waals surface area contributed by atoms with Crippen molar-refractivity contribution in [2.45, 2.75) is 38.6 Å². The van der Waals surface area contributed by atoms with Gasteiger partial charge in [0.05, 0.1) is 10.7 Å². The molecule has 144 valence electrons. The fraction of sp³-hybridized carbons (Fsp3) is 0.304. The van der Waals surface area contributed by atoms with Crippen LogP contribution in [0.15, 0.2) is 54.6 Å². The van der Waals surface area contributed by atoms with Crippen LogP contribution in [0.4, 0.5) is 4.39 Å². The van der Waals surface area contributed by atoms with Gasteiger partial charge in [-0.05, 0) is 49.4 Å². The molecule has 0 aliphatic carbocycles. The van der Waals surface area contributed by atoms with E-state index in [4.69, 9.17) is 0 Å². The van der Waals surface area contributed by atoms with Gasteiger partial charge in [0.25, 0.3) is 5.91 Å². The highest BCUT2D eigenvalue weighted by Crippen LogP contribution is 2.28. The molecule has 4 rings (SSSR count). The normalized spacial score (nSPS) is 16.5. The minimum atomic E-state index is -0.242. The quantitative estimate of drug-likeness (QED) is 0.608. The standard InChI is InChI=1S/C23H23FN2OS/c1-16-22(28-21(25-16)15-18-9-11-19(24)12-10-18)23(27)26-13-5-8-20(26)14-17-6-3-2-4-7-17/h2-4,6-7,9-12,20H,5,8,13-15H2,1H3. The molecule has 3 aromatic rings. The fourth-order valence-electron chi connectivity index (χ4n) is 3.84. The van der Waals surface area contributed by atoms with E-state index in [0.29, 0.717) is 6.42 Å². The molecule has 0 spiro atoms. The van der Waals surface area contributed by atoms with Crippen molar-refractivity contribution in [3.05, 3.63) is 87.1 Å². The lowest BCUT2D eigenvalue weighted by Gasteiger charge is -2.24. The van der Waals surface area contributed by atoms with Gasteiger partial charge in [-0.3, -0.25) is 4.79 Å². The Hall–Kier alpha value is -2.53. The number of thiazole rings is 1. The molecule has 5 heteroatoms. The lowest BCUT2D eigenvalue weighted by molar-refractivity contribution is 0.0740. The molecule has 0 radical (unpaired) electrons. The van der Waals surface area contributed by atoms with E-state index in [1.54, 1.807) is 12.1 Å². The number of amides is 1. The summed E-state index contributed by atoms with van der Waals surface area (Å²) in [6.45, 7) is 2.71. The summed E-state index contributed by atoms with van der Waals surface area (Å²) in [5.74, 6) is -0.146. The van der Waals surface area contributed by atoms with Crippen molar-refractivity contribution in [3.8, 4) is 0 Å². The minimum Gasteiger partial charge on any atom is -0.335 e. The van der Waals surface area contributed by atoms with E-state index in [-0.39, 0.29) is 17.8 Å². The number of carbonyl (C=O) groups excluding carboxylic acids is 1. The second kappa shape index (κ2) is 8.23. The molecule has 0 saturated carbocycles. The third kappa shape index (κ3) is 4.14. The van der Waals surface area contributed by atoms with Crippen LogP contribution in [-0.2, 0) is 12.8 Å².